The van der Waals surface area contributed by atoms with Crippen molar-refractivity contribution in [1.29, 1.82) is 0 Å². The molecule has 4 heteroatoms. The molecular weight excluding hydrogens is 386 g/mol. The van der Waals surface area contributed by atoms with Gasteiger partial charge in [-0.05, 0) is 41.2 Å². The molecule has 0 N–H and O–H groups in total. The lowest BCUT2D eigenvalue weighted by atomic mass is 9.90. The molecule has 5 rings (SSSR count). The number of nitrogens with zero attached hydrogens (tertiary/aromatic N) is 3. The monoisotopic (exact) mass is 411 g/mol. The largest absolute Gasteiger partial charge is 0.299 e. The second-order valence-electron chi connectivity index (χ2n) is 8.36. The Labute approximate surface area is 181 Å². The van der Waals surface area contributed by atoms with Crippen LogP contribution in [-0.4, -0.2) is 14.5 Å². The van der Waals surface area contributed by atoms with Gasteiger partial charge in [0.15, 0.2) is 0 Å². The molecule has 3 aromatic heterocycles. The van der Waals surface area contributed by atoms with Crippen LogP contribution in [0.15, 0.2) is 67.1 Å². The van der Waals surface area contributed by atoms with Crippen LogP contribution in [0.25, 0.3) is 37.4 Å². The van der Waals surface area contributed by atoms with Crippen LogP contribution in [0, 0.1) is 0 Å². The Morgan fingerprint density at radius 3 is 2.37 bits per heavy atom. The summed E-state index contributed by atoms with van der Waals surface area (Å²) in [5.74, 6) is 1.75. The first-order valence-corrected chi connectivity index (χ1v) is 11.3. The standard InChI is InChI=1S/C26H25N3S/c1-16(2)20-15-21-19-11-8-12-28-26(19)30-24(21)22(17(3)4)23(20)29-14-13-27-25(29)18-9-6-5-7-10-18/h5-17H,1-4H3. The number of imidazole rings is 1. The van der Waals surface area contributed by atoms with Gasteiger partial charge in [-0.2, -0.15) is 0 Å². The number of fused-ring (bicyclic) bond motifs is 3. The summed E-state index contributed by atoms with van der Waals surface area (Å²) < 4.78 is 3.63. The highest BCUT2D eigenvalue weighted by Crippen LogP contribution is 2.44. The van der Waals surface area contributed by atoms with E-state index in [0.717, 1.165) is 16.2 Å². The van der Waals surface area contributed by atoms with E-state index < -0.39 is 0 Å². The van der Waals surface area contributed by atoms with Gasteiger partial charge in [-0.15, -0.1) is 11.3 Å². The van der Waals surface area contributed by atoms with Crippen LogP contribution < -0.4 is 0 Å². The Morgan fingerprint density at radius 2 is 1.63 bits per heavy atom. The molecule has 0 saturated carbocycles. The third-order valence-electron chi connectivity index (χ3n) is 5.69. The van der Waals surface area contributed by atoms with Crippen LogP contribution in [0.4, 0.5) is 0 Å². The van der Waals surface area contributed by atoms with Crippen LogP contribution in [0.2, 0.25) is 0 Å². The second-order valence-corrected chi connectivity index (χ2v) is 9.36. The Balaban J connectivity index is 1.91. The van der Waals surface area contributed by atoms with E-state index in [0.29, 0.717) is 11.8 Å². The topological polar surface area (TPSA) is 30.7 Å². The zero-order valence-corrected chi connectivity index (χ0v) is 18.6. The molecule has 3 heterocycles. The molecule has 0 aliphatic rings. The highest BCUT2D eigenvalue weighted by molar-refractivity contribution is 7.25. The maximum atomic E-state index is 4.74. The van der Waals surface area contributed by atoms with E-state index >= 15 is 0 Å². The summed E-state index contributed by atoms with van der Waals surface area (Å²) in [5.41, 5.74) is 5.14. The summed E-state index contributed by atoms with van der Waals surface area (Å²) in [7, 11) is 0. The first kappa shape index (κ1) is 19.0. The Kier molecular flexibility index (Phi) is 4.67. The average molecular weight is 412 g/mol. The fourth-order valence-corrected chi connectivity index (χ4v) is 5.63. The van der Waals surface area contributed by atoms with Crippen LogP contribution in [-0.2, 0) is 0 Å². The van der Waals surface area contributed by atoms with Gasteiger partial charge in [0.05, 0.1) is 5.69 Å². The van der Waals surface area contributed by atoms with Gasteiger partial charge in [0, 0.05) is 39.6 Å². The number of hydrogen-bond donors (Lipinski definition) is 0. The fourth-order valence-electron chi connectivity index (χ4n) is 4.31. The quantitative estimate of drug-likeness (QED) is 0.306. The molecule has 0 saturated heterocycles. The van der Waals surface area contributed by atoms with Crippen LogP contribution in [0.1, 0.15) is 50.7 Å². The number of benzene rings is 2. The highest BCUT2D eigenvalue weighted by Gasteiger charge is 2.24. The van der Waals surface area contributed by atoms with Crippen LogP contribution >= 0.6 is 11.3 Å². The number of hydrogen-bond acceptors (Lipinski definition) is 3. The molecule has 0 fully saturated rings. The van der Waals surface area contributed by atoms with E-state index in [1.807, 2.05) is 24.5 Å². The normalized spacial score (nSPS) is 11.9. The molecule has 5 aromatic rings. The first-order valence-electron chi connectivity index (χ1n) is 10.5. The van der Waals surface area contributed by atoms with Gasteiger partial charge < -0.3 is 0 Å². The van der Waals surface area contributed by atoms with Gasteiger partial charge >= 0.3 is 0 Å². The molecule has 3 nitrogen and oxygen atoms in total. The highest BCUT2D eigenvalue weighted by atomic mass is 32.1. The van der Waals surface area contributed by atoms with E-state index in [4.69, 9.17) is 4.98 Å². The molecule has 0 amide bonds. The molecule has 0 aliphatic carbocycles. The lowest BCUT2D eigenvalue weighted by Crippen LogP contribution is -2.08. The number of rotatable bonds is 4. The average Bonchev–Trinajstić information content (AvgIpc) is 3.37. The van der Waals surface area contributed by atoms with Gasteiger partial charge in [0.2, 0.25) is 0 Å². The molecule has 0 spiro atoms. The molecule has 30 heavy (non-hydrogen) atoms. The van der Waals surface area contributed by atoms with Gasteiger partial charge in [-0.3, -0.25) is 4.57 Å². The Hall–Kier alpha value is -2.98. The van der Waals surface area contributed by atoms with E-state index in [9.17, 15) is 0 Å². The zero-order chi connectivity index (χ0) is 20.8. The van der Waals surface area contributed by atoms with Gasteiger partial charge in [-0.25, -0.2) is 9.97 Å². The summed E-state index contributed by atoms with van der Waals surface area (Å²) >= 11 is 1.81. The van der Waals surface area contributed by atoms with E-state index in [-0.39, 0.29) is 0 Å². The van der Waals surface area contributed by atoms with Crippen molar-refractivity contribution in [3.05, 3.63) is 78.2 Å². The summed E-state index contributed by atoms with van der Waals surface area (Å²) in [6.45, 7) is 9.14. The van der Waals surface area contributed by atoms with Crippen molar-refractivity contribution < 1.29 is 0 Å². The lowest BCUT2D eigenvalue weighted by molar-refractivity contribution is 0.815. The second kappa shape index (κ2) is 7.37. The van der Waals surface area contributed by atoms with Gasteiger partial charge in [-0.1, -0.05) is 58.0 Å². The van der Waals surface area contributed by atoms with Crippen molar-refractivity contribution in [3.63, 3.8) is 0 Å². The van der Waals surface area contributed by atoms with E-state index in [1.54, 1.807) is 11.3 Å². The molecule has 0 atom stereocenters. The van der Waals surface area contributed by atoms with Crippen molar-refractivity contribution in [2.45, 2.75) is 39.5 Å². The maximum Gasteiger partial charge on any atom is 0.144 e. The SMILES string of the molecule is CC(C)c1cc2c(sc3ncccc32)c(C(C)C)c1-n1ccnc1-c1ccccc1. The third-order valence-corrected chi connectivity index (χ3v) is 6.85. The fraction of sp³-hybridized carbons (Fsp3) is 0.231. The van der Waals surface area contributed by atoms with Crippen molar-refractivity contribution >= 4 is 31.6 Å². The Morgan fingerprint density at radius 1 is 0.833 bits per heavy atom. The van der Waals surface area contributed by atoms with Crippen LogP contribution in [0.3, 0.4) is 0 Å². The van der Waals surface area contributed by atoms with Crippen molar-refractivity contribution in [2.75, 3.05) is 0 Å². The molecular formula is C26H25N3S. The first-order chi connectivity index (χ1) is 14.6. The smallest absolute Gasteiger partial charge is 0.144 e. The number of thiophene rings is 1. The van der Waals surface area contributed by atoms with E-state index in [2.05, 4.69) is 79.8 Å². The van der Waals surface area contributed by atoms with Gasteiger partial charge in [0.25, 0.3) is 0 Å². The minimum Gasteiger partial charge on any atom is -0.299 e. The maximum absolute atomic E-state index is 4.74. The zero-order valence-electron chi connectivity index (χ0n) is 17.8. The number of pyridine rings is 1. The molecule has 0 aliphatic heterocycles. The third kappa shape index (κ3) is 2.94. The summed E-state index contributed by atoms with van der Waals surface area (Å²) in [6.07, 6.45) is 5.90. The molecule has 0 radical (unpaired) electrons. The lowest BCUT2D eigenvalue weighted by Gasteiger charge is -2.23. The molecule has 0 bridgehead atoms. The predicted molar refractivity (Wildman–Crippen MR) is 128 cm³/mol. The number of aromatic nitrogens is 3. The van der Waals surface area contributed by atoms with Crippen LogP contribution in [0.5, 0.6) is 0 Å². The Bertz CT molecular complexity index is 1340. The summed E-state index contributed by atoms with van der Waals surface area (Å²) in [4.78, 5) is 10.5. The summed E-state index contributed by atoms with van der Waals surface area (Å²) in [6, 6.07) is 17.1. The minimum absolute atomic E-state index is 0.375. The molecule has 150 valence electrons. The van der Waals surface area contributed by atoms with E-state index in [1.165, 1.54) is 32.3 Å². The van der Waals surface area contributed by atoms with Crippen molar-refractivity contribution in [1.82, 2.24) is 14.5 Å². The van der Waals surface area contributed by atoms with Gasteiger partial charge in [0.1, 0.15) is 10.7 Å². The van der Waals surface area contributed by atoms with Crippen molar-refractivity contribution in [2.24, 2.45) is 0 Å². The van der Waals surface area contributed by atoms with Crippen molar-refractivity contribution in [3.8, 4) is 17.1 Å². The molecule has 0 unspecified atom stereocenters. The molecule has 2 aromatic carbocycles. The predicted octanol–water partition coefficient (Wildman–Crippen LogP) is 7.55. The minimum atomic E-state index is 0.375. The summed E-state index contributed by atoms with van der Waals surface area (Å²) in [5, 5.41) is 2.57.